The van der Waals surface area contributed by atoms with E-state index in [0.29, 0.717) is 5.56 Å². The van der Waals surface area contributed by atoms with Gasteiger partial charge in [-0.2, -0.15) is 0 Å². The second kappa shape index (κ2) is 7.23. The molecule has 2 aromatic carbocycles. The zero-order chi connectivity index (χ0) is 18.8. The molecule has 6 heteroatoms. The lowest BCUT2D eigenvalue weighted by Crippen LogP contribution is -2.56. The number of benzene rings is 2. The van der Waals surface area contributed by atoms with Gasteiger partial charge in [-0.3, -0.25) is 15.0 Å². The Hall–Kier alpha value is -2.40. The number of hydrogen-bond donors (Lipinski definition) is 1. The van der Waals surface area contributed by atoms with Crippen LogP contribution in [0.3, 0.4) is 0 Å². The summed E-state index contributed by atoms with van der Waals surface area (Å²) in [5, 5.41) is 1.40. The standard InChI is InChI=1S/C19H20ClFN2O2/c1-12-6-5-7-13(10-12)18(25)23(19(2,3)4)22-17(24)15-9-8-14(20)11-16(15)21/h5-11H,1-4H3,(H,22,24). The Morgan fingerprint density at radius 1 is 1.12 bits per heavy atom. The van der Waals surface area contributed by atoms with Gasteiger partial charge in [0.1, 0.15) is 5.82 Å². The summed E-state index contributed by atoms with van der Waals surface area (Å²) < 4.78 is 14.0. The minimum Gasteiger partial charge on any atom is -0.267 e. The third-order valence-corrected chi connectivity index (χ3v) is 3.76. The molecule has 2 rings (SSSR count). The Bertz CT molecular complexity index is 815. The molecule has 2 amide bonds. The van der Waals surface area contributed by atoms with E-state index in [4.69, 9.17) is 11.6 Å². The molecule has 0 aromatic heterocycles. The van der Waals surface area contributed by atoms with Crippen LogP contribution in [0.15, 0.2) is 42.5 Å². The smallest absolute Gasteiger partial charge is 0.267 e. The van der Waals surface area contributed by atoms with Gasteiger partial charge in [0.2, 0.25) is 0 Å². The second-order valence-electron chi connectivity index (χ2n) is 6.75. The fourth-order valence-corrected chi connectivity index (χ4v) is 2.42. The normalized spacial score (nSPS) is 11.1. The number of nitrogens with zero attached hydrogens (tertiary/aromatic N) is 1. The van der Waals surface area contributed by atoms with Crippen LogP contribution in [0.1, 0.15) is 47.1 Å². The predicted octanol–water partition coefficient (Wildman–Crippen LogP) is 4.37. The van der Waals surface area contributed by atoms with Crippen molar-refractivity contribution in [2.45, 2.75) is 33.2 Å². The number of aryl methyl sites for hydroxylation is 1. The fourth-order valence-electron chi connectivity index (χ4n) is 2.27. The monoisotopic (exact) mass is 362 g/mol. The Morgan fingerprint density at radius 2 is 1.80 bits per heavy atom. The van der Waals surface area contributed by atoms with Crippen molar-refractivity contribution in [1.29, 1.82) is 0 Å². The molecule has 0 unspecified atom stereocenters. The molecule has 4 nitrogen and oxygen atoms in total. The number of carbonyl (C=O) groups excluding carboxylic acids is 2. The number of hydrogen-bond acceptors (Lipinski definition) is 2. The molecule has 0 aliphatic rings. The van der Waals surface area contributed by atoms with Gasteiger partial charge in [0.05, 0.1) is 11.1 Å². The largest absolute Gasteiger partial charge is 0.272 e. The van der Waals surface area contributed by atoms with E-state index >= 15 is 0 Å². The number of amides is 2. The summed E-state index contributed by atoms with van der Waals surface area (Å²) in [6, 6.07) is 10.8. The first kappa shape index (κ1) is 18.9. The summed E-state index contributed by atoms with van der Waals surface area (Å²) >= 11 is 5.71. The molecule has 0 bridgehead atoms. The highest BCUT2D eigenvalue weighted by Gasteiger charge is 2.30. The van der Waals surface area contributed by atoms with E-state index in [0.717, 1.165) is 11.6 Å². The first-order valence-electron chi connectivity index (χ1n) is 7.77. The van der Waals surface area contributed by atoms with Crippen LogP contribution in [0.4, 0.5) is 4.39 Å². The van der Waals surface area contributed by atoms with Gasteiger partial charge in [0, 0.05) is 10.6 Å². The van der Waals surface area contributed by atoms with Crippen molar-refractivity contribution in [3.05, 3.63) is 70.0 Å². The molecule has 0 aliphatic heterocycles. The molecule has 0 fully saturated rings. The van der Waals surface area contributed by atoms with Crippen molar-refractivity contribution < 1.29 is 14.0 Å². The van der Waals surface area contributed by atoms with Crippen LogP contribution in [0, 0.1) is 12.7 Å². The number of carbonyl (C=O) groups is 2. The third kappa shape index (κ3) is 4.57. The number of nitrogens with one attached hydrogen (secondary N) is 1. The molecule has 0 atom stereocenters. The summed E-state index contributed by atoms with van der Waals surface area (Å²) in [4.78, 5) is 25.3. The van der Waals surface area contributed by atoms with Crippen molar-refractivity contribution >= 4 is 23.4 Å². The van der Waals surface area contributed by atoms with E-state index in [1.165, 1.54) is 17.1 Å². The topological polar surface area (TPSA) is 49.4 Å². The minimum atomic E-state index is -0.748. The van der Waals surface area contributed by atoms with Gasteiger partial charge in [-0.1, -0.05) is 29.3 Å². The highest BCUT2D eigenvalue weighted by molar-refractivity contribution is 6.30. The number of rotatable bonds is 2. The molecule has 25 heavy (non-hydrogen) atoms. The first-order chi connectivity index (χ1) is 11.6. The molecule has 2 aromatic rings. The molecular weight excluding hydrogens is 343 g/mol. The van der Waals surface area contributed by atoms with Crippen molar-refractivity contribution in [2.24, 2.45) is 0 Å². The van der Waals surface area contributed by atoms with Crippen LogP contribution in [0.2, 0.25) is 5.02 Å². The van der Waals surface area contributed by atoms with Gasteiger partial charge in [0.25, 0.3) is 11.8 Å². The average Bonchev–Trinajstić information content (AvgIpc) is 2.50. The summed E-state index contributed by atoms with van der Waals surface area (Å²) in [5.41, 5.74) is 2.98. The zero-order valence-corrected chi connectivity index (χ0v) is 15.3. The maximum atomic E-state index is 14.0. The highest BCUT2D eigenvalue weighted by atomic mass is 35.5. The van der Waals surface area contributed by atoms with E-state index in [1.807, 2.05) is 13.0 Å². The Kier molecular flexibility index (Phi) is 5.48. The van der Waals surface area contributed by atoms with E-state index < -0.39 is 17.3 Å². The third-order valence-electron chi connectivity index (χ3n) is 3.53. The lowest BCUT2D eigenvalue weighted by atomic mass is 10.1. The van der Waals surface area contributed by atoms with Gasteiger partial charge < -0.3 is 0 Å². The summed E-state index contributed by atoms with van der Waals surface area (Å²) in [6.07, 6.45) is 0. The van der Waals surface area contributed by atoms with Gasteiger partial charge >= 0.3 is 0 Å². The van der Waals surface area contributed by atoms with Crippen LogP contribution in [-0.4, -0.2) is 22.4 Å². The van der Waals surface area contributed by atoms with E-state index in [2.05, 4.69) is 5.43 Å². The van der Waals surface area contributed by atoms with Gasteiger partial charge in [-0.25, -0.2) is 9.40 Å². The lowest BCUT2D eigenvalue weighted by Gasteiger charge is -2.35. The average molecular weight is 363 g/mol. The van der Waals surface area contributed by atoms with Crippen LogP contribution in [0.25, 0.3) is 0 Å². The van der Waals surface area contributed by atoms with Crippen LogP contribution >= 0.6 is 11.6 Å². The van der Waals surface area contributed by atoms with Crippen molar-refractivity contribution in [3.63, 3.8) is 0 Å². The van der Waals surface area contributed by atoms with E-state index in [-0.39, 0.29) is 16.5 Å². The summed E-state index contributed by atoms with van der Waals surface area (Å²) in [6.45, 7) is 7.21. The zero-order valence-electron chi connectivity index (χ0n) is 14.6. The fraction of sp³-hybridized carbons (Fsp3) is 0.263. The molecule has 0 radical (unpaired) electrons. The molecule has 132 valence electrons. The Balaban J connectivity index is 2.32. The van der Waals surface area contributed by atoms with Crippen molar-refractivity contribution in [2.75, 3.05) is 0 Å². The quantitative estimate of drug-likeness (QED) is 0.806. The molecule has 0 saturated heterocycles. The number of halogens is 2. The SMILES string of the molecule is Cc1cccc(C(=O)N(NC(=O)c2ccc(Cl)cc2F)C(C)(C)C)c1. The maximum Gasteiger partial charge on any atom is 0.272 e. The van der Waals surface area contributed by atoms with E-state index in [9.17, 15) is 14.0 Å². The molecule has 0 spiro atoms. The molecule has 0 heterocycles. The Labute approximate surface area is 151 Å². The first-order valence-corrected chi connectivity index (χ1v) is 8.14. The Morgan fingerprint density at radius 3 is 2.36 bits per heavy atom. The van der Waals surface area contributed by atoms with Crippen LogP contribution < -0.4 is 5.43 Å². The van der Waals surface area contributed by atoms with Gasteiger partial charge in [0.15, 0.2) is 0 Å². The second-order valence-corrected chi connectivity index (χ2v) is 7.18. The van der Waals surface area contributed by atoms with Crippen LogP contribution in [-0.2, 0) is 0 Å². The number of hydrazine groups is 1. The lowest BCUT2D eigenvalue weighted by molar-refractivity contribution is 0.0357. The van der Waals surface area contributed by atoms with E-state index in [1.54, 1.807) is 39.0 Å². The predicted molar refractivity (Wildman–Crippen MR) is 96.0 cm³/mol. The van der Waals surface area contributed by atoms with Gasteiger partial charge in [-0.05, 0) is 58.0 Å². The van der Waals surface area contributed by atoms with Crippen molar-refractivity contribution in [3.8, 4) is 0 Å². The summed E-state index contributed by atoms with van der Waals surface area (Å²) in [5.74, 6) is -1.84. The molecule has 1 N–H and O–H groups in total. The molecule has 0 saturated carbocycles. The minimum absolute atomic E-state index is 0.185. The van der Waals surface area contributed by atoms with Crippen molar-refractivity contribution in [1.82, 2.24) is 10.4 Å². The highest BCUT2D eigenvalue weighted by Crippen LogP contribution is 2.18. The molecule has 0 aliphatic carbocycles. The van der Waals surface area contributed by atoms with Crippen LogP contribution in [0.5, 0.6) is 0 Å². The molecular formula is C19H20ClFN2O2. The summed E-state index contributed by atoms with van der Waals surface area (Å²) in [7, 11) is 0. The van der Waals surface area contributed by atoms with Gasteiger partial charge in [-0.15, -0.1) is 0 Å². The maximum absolute atomic E-state index is 14.0.